The van der Waals surface area contributed by atoms with Gasteiger partial charge in [-0.1, -0.05) is 0 Å². The van der Waals surface area contributed by atoms with Crippen LogP contribution in [0, 0.1) is 17.5 Å². The summed E-state index contributed by atoms with van der Waals surface area (Å²) in [7, 11) is -7.01. The van der Waals surface area contributed by atoms with E-state index in [0.29, 0.717) is 18.9 Å². The number of hydrogen-bond acceptors (Lipinski definition) is 5. The summed E-state index contributed by atoms with van der Waals surface area (Å²) in [5.74, 6) is -4.75. The van der Waals surface area contributed by atoms with E-state index >= 15 is 4.39 Å². The van der Waals surface area contributed by atoms with Gasteiger partial charge in [0.15, 0.2) is 17.5 Å². The Morgan fingerprint density at radius 2 is 1.85 bits per heavy atom. The Kier molecular flexibility index (Phi) is 7.72. The maximum atomic E-state index is 15.2. The summed E-state index contributed by atoms with van der Waals surface area (Å²) in [5.41, 5.74) is -0.765. The third-order valence-electron chi connectivity index (χ3n) is 5.31. The molecule has 0 radical (unpaired) electrons. The van der Waals surface area contributed by atoms with Crippen molar-refractivity contribution in [2.24, 2.45) is 0 Å². The highest BCUT2D eigenvalue weighted by Crippen LogP contribution is 2.24. The molecule has 34 heavy (non-hydrogen) atoms. The van der Waals surface area contributed by atoms with E-state index in [-0.39, 0.29) is 25.3 Å². The van der Waals surface area contributed by atoms with Crippen LogP contribution in [0.25, 0.3) is 0 Å². The van der Waals surface area contributed by atoms with Crippen molar-refractivity contribution in [2.45, 2.75) is 37.2 Å². The first-order chi connectivity index (χ1) is 15.9. The van der Waals surface area contributed by atoms with Gasteiger partial charge in [0, 0.05) is 50.7 Å². The number of nitrogens with zero attached hydrogens (tertiary/aromatic N) is 2. The molecule has 10 nitrogen and oxygen atoms in total. The number of anilines is 1. The van der Waals surface area contributed by atoms with Crippen LogP contribution in [0.2, 0.25) is 0 Å². The van der Waals surface area contributed by atoms with E-state index in [2.05, 4.69) is 14.8 Å². The van der Waals surface area contributed by atoms with Crippen molar-refractivity contribution in [1.82, 2.24) is 18.3 Å². The largest absolute Gasteiger partial charge is 0.340 e. The zero-order valence-electron chi connectivity index (χ0n) is 18.3. The second-order valence-corrected chi connectivity index (χ2v) is 11.1. The van der Waals surface area contributed by atoms with E-state index in [1.54, 1.807) is 6.92 Å². The molecule has 0 saturated carbocycles. The Balaban J connectivity index is 1.85. The van der Waals surface area contributed by atoms with Crippen LogP contribution in [0.1, 0.15) is 30.3 Å². The molecule has 2 heterocycles. The van der Waals surface area contributed by atoms with Crippen molar-refractivity contribution in [3.05, 3.63) is 47.5 Å². The fourth-order valence-corrected chi connectivity index (χ4v) is 5.97. The van der Waals surface area contributed by atoms with Gasteiger partial charge in [-0.3, -0.25) is 4.79 Å². The van der Waals surface area contributed by atoms with Crippen molar-refractivity contribution in [3.63, 3.8) is 0 Å². The van der Waals surface area contributed by atoms with E-state index in [1.165, 1.54) is 7.05 Å². The summed E-state index contributed by atoms with van der Waals surface area (Å²) >= 11 is 0. The van der Waals surface area contributed by atoms with Crippen LogP contribution in [-0.2, 0) is 26.8 Å². The number of benzene rings is 1. The van der Waals surface area contributed by atoms with Crippen LogP contribution in [0.4, 0.5) is 18.9 Å². The molecular weight excluding hydrogens is 499 g/mol. The molecule has 188 valence electrons. The maximum Gasteiger partial charge on any atom is 0.279 e. The van der Waals surface area contributed by atoms with Crippen molar-refractivity contribution in [1.29, 1.82) is 0 Å². The highest BCUT2D eigenvalue weighted by molar-refractivity contribution is 7.89. The van der Waals surface area contributed by atoms with Crippen LogP contribution in [0.3, 0.4) is 0 Å². The molecule has 3 rings (SSSR count). The van der Waals surface area contributed by atoms with Crippen molar-refractivity contribution in [2.75, 3.05) is 25.5 Å². The van der Waals surface area contributed by atoms with E-state index in [9.17, 15) is 30.4 Å². The van der Waals surface area contributed by atoms with E-state index in [0.717, 1.165) is 27.2 Å². The molecule has 2 aromatic rings. The lowest BCUT2D eigenvalue weighted by molar-refractivity contribution is 0.101. The molecule has 3 N–H and O–H groups in total. The molecule has 1 atom stereocenters. The molecule has 1 saturated heterocycles. The SMILES string of the molecule is CCn1cc(S(=O)(=O)N[C@@H]2CCCN(S(=O)(=O)NC)C2)c(F)c1C(=O)Nc1ccc(F)c(F)c1. The minimum absolute atomic E-state index is 0.0323. The number of amides is 1. The smallest absolute Gasteiger partial charge is 0.279 e. The normalized spacial score (nSPS) is 17.6. The second kappa shape index (κ2) is 10.0. The Morgan fingerprint density at radius 1 is 1.15 bits per heavy atom. The monoisotopic (exact) mass is 523 g/mol. The van der Waals surface area contributed by atoms with Gasteiger partial charge in [-0.2, -0.15) is 12.7 Å². The van der Waals surface area contributed by atoms with Crippen molar-refractivity contribution >= 4 is 31.8 Å². The summed E-state index contributed by atoms with van der Waals surface area (Å²) < 4.78 is 98.2. The molecule has 1 aliphatic rings. The van der Waals surface area contributed by atoms with Gasteiger partial charge in [0.05, 0.1) is 0 Å². The molecule has 1 aromatic carbocycles. The fourth-order valence-electron chi connectivity index (χ4n) is 3.61. The molecular formula is C19H24F3N5O5S2. The predicted octanol–water partition coefficient (Wildman–Crippen LogP) is 1.38. The summed E-state index contributed by atoms with van der Waals surface area (Å²) in [6, 6.07) is 1.74. The van der Waals surface area contributed by atoms with Crippen LogP contribution >= 0.6 is 0 Å². The molecule has 0 aliphatic carbocycles. The maximum absolute atomic E-state index is 15.2. The zero-order chi connectivity index (χ0) is 25.3. The highest BCUT2D eigenvalue weighted by Gasteiger charge is 2.34. The van der Waals surface area contributed by atoms with Crippen LogP contribution in [0.15, 0.2) is 29.3 Å². The lowest BCUT2D eigenvalue weighted by Crippen LogP contribution is -2.51. The predicted molar refractivity (Wildman–Crippen MR) is 117 cm³/mol. The number of aryl methyl sites for hydroxylation is 1. The van der Waals surface area contributed by atoms with Crippen LogP contribution < -0.4 is 14.8 Å². The molecule has 0 spiro atoms. The third-order valence-corrected chi connectivity index (χ3v) is 8.35. The summed E-state index contributed by atoms with van der Waals surface area (Å²) in [4.78, 5) is 11.9. The number of piperidine rings is 1. The minimum Gasteiger partial charge on any atom is -0.340 e. The van der Waals surface area contributed by atoms with Gasteiger partial charge in [0.25, 0.3) is 16.1 Å². The summed E-state index contributed by atoms with van der Waals surface area (Å²) in [6.45, 7) is 1.64. The van der Waals surface area contributed by atoms with Gasteiger partial charge in [-0.15, -0.1) is 0 Å². The number of hydrogen-bond donors (Lipinski definition) is 3. The number of carbonyl (C=O) groups is 1. The quantitative estimate of drug-likeness (QED) is 0.482. The number of halogens is 3. The Labute approximate surface area is 195 Å². The first-order valence-electron chi connectivity index (χ1n) is 10.3. The van der Waals surface area contributed by atoms with Gasteiger partial charge in [0.1, 0.15) is 10.6 Å². The van der Waals surface area contributed by atoms with Gasteiger partial charge in [-0.25, -0.2) is 31.0 Å². The van der Waals surface area contributed by atoms with E-state index < -0.39 is 60.2 Å². The Hall–Kier alpha value is -2.46. The third kappa shape index (κ3) is 5.43. The molecule has 0 bridgehead atoms. The van der Waals surface area contributed by atoms with Gasteiger partial charge < -0.3 is 9.88 Å². The zero-order valence-corrected chi connectivity index (χ0v) is 19.9. The molecule has 1 fully saturated rings. The van der Waals surface area contributed by atoms with E-state index in [1.807, 2.05) is 0 Å². The molecule has 1 aliphatic heterocycles. The number of rotatable bonds is 8. The van der Waals surface area contributed by atoms with Crippen LogP contribution in [0.5, 0.6) is 0 Å². The minimum atomic E-state index is -4.47. The highest BCUT2D eigenvalue weighted by atomic mass is 32.2. The fraction of sp³-hybridized carbons (Fsp3) is 0.421. The molecule has 1 aromatic heterocycles. The average Bonchev–Trinajstić information content (AvgIpc) is 3.13. The molecule has 1 amide bonds. The summed E-state index contributed by atoms with van der Waals surface area (Å²) in [5, 5.41) is 2.21. The van der Waals surface area contributed by atoms with Crippen molar-refractivity contribution in [3.8, 4) is 0 Å². The number of sulfonamides is 1. The molecule has 15 heteroatoms. The lowest BCUT2D eigenvalue weighted by Gasteiger charge is -2.31. The van der Waals surface area contributed by atoms with Gasteiger partial charge in [-0.05, 0) is 31.9 Å². The molecule has 0 unspecified atom stereocenters. The van der Waals surface area contributed by atoms with Crippen molar-refractivity contribution < 1.29 is 34.8 Å². The van der Waals surface area contributed by atoms with E-state index in [4.69, 9.17) is 0 Å². The van der Waals surface area contributed by atoms with Crippen LogP contribution in [-0.4, -0.2) is 57.8 Å². The van der Waals surface area contributed by atoms with Gasteiger partial charge in [0.2, 0.25) is 10.0 Å². The number of carbonyl (C=O) groups excluding carboxylic acids is 1. The standard InChI is InChI=1S/C19H24F3N5O5S2/c1-3-26-11-16(17(22)18(26)19(28)24-12-6-7-14(20)15(21)9-12)33(29,30)25-13-5-4-8-27(10-13)34(31,32)23-2/h6-7,9,11,13,23,25H,3-5,8,10H2,1-2H3,(H,24,28)/t13-/m1/s1. The average molecular weight is 524 g/mol. The number of aromatic nitrogens is 1. The first-order valence-corrected chi connectivity index (χ1v) is 13.2. The lowest BCUT2D eigenvalue weighted by atomic mass is 10.1. The summed E-state index contributed by atoms with van der Waals surface area (Å²) in [6.07, 6.45) is 1.66. The topological polar surface area (TPSA) is 130 Å². The second-order valence-electron chi connectivity index (χ2n) is 7.55. The Morgan fingerprint density at radius 3 is 2.47 bits per heavy atom. The first kappa shape index (κ1) is 26.2. The number of nitrogens with one attached hydrogen (secondary N) is 3. The van der Waals surface area contributed by atoms with Gasteiger partial charge >= 0.3 is 0 Å². The Bertz CT molecular complexity index is 1300.